The molecule has 408 valence electrons. The molecule has 0 radical (unpaired) electrons. The third-order valence-electron chi connectivity index (χ3n) is 15.3. The summed E-state index contributed by atoms with van der Waals surface area (Å²) in [5.74, 6) is 3.68. The first-order chi connectivity index (χ1) is 36.9. The SMILES string of the molecule is C[n+]1ccn(CCOc2c3cc(C(C)(C)C)cc2Cc2cc(C(C)(C)C)cc(c2OCc2ccccc2)Cc2cc(C(C)(C)C)cc(c2OCCn2cc[n+](C)c2)Cc2cc(C(C)(C)C)cc(c2OCc2ccccc2)C3)c1. The van der Waals surface area contributed by atoms with Crippen molar-refractivity contribution in [2.75, 3.05) is 13.2 Å². The minimum atomic E-state index is -0.165. The van der Waals surface area contributed by atoms with Crippen molar-refractivity contribution in [2.45, 2.75) is 157 Å². The Balaban J connectivity index is 1.35. The van der Waals surface area contributed by atoms with E-state index in [-0.39, 0.29) is 21.7 Å². The van der Waals surface area contributed by atoms with Gasteiger partial charge >= 0.3 is 0 Å². The van der Waals surface area contributed by atoms with E-state index >= 15 is 0 Å². The van der Waals surface area contributed by atoms with E-state index in [4.69, 9.17) is 18.9 Å². The van der Waals surface area contributed by atoms with Crippen molar-refractivity contribution in [2.24, 2.45) is 14.1 Å². The normalized spacial score (nSPS) is 13.1. The fraction of sp³-hybridized carbons (Fsp3) is 0.400. The topological polar surface area (TPSA) is 54.5 Å². The molecule has 0 aliphatic heterocycles. The van der Waals surface area contributed by atoms with Crippen LogP contribution in [0.2, 0.25) is 0 Å². The Morgan fingerprint density at radius 3 is 0.859 bits per heavy atom. The van der Waals surface area contributed by atoms with Gasteiger partial charge < -0.3 is 18.9 Å². The molecule has 0 amide bonds. The van der Waals surface area contributed by atoms with Crippen molar-refractivity contribution in [3.05, 3.63) is 225 Å². The number of rotatable bonds is 14. The van der Waals surface area contributed by atoms with Gasteiger partial charge in [-0.15, -0.1) is 0 Å². The first-order valence-electron chi connectivity index (χ1n) is 28.2. The highest BCUT2D eigenvalue weighted by molar-refractivity contribution is 5.60. The van der Waals surface area contributed by atoms with E-state index in [9.17, 15) is 0 Å². The van der Waals surface area contributed by atoms with Crippen molar-refractivity contribution in [3.8, 4) is 23.0 Å². The Hall–Kier alpha value is -7.06. The number of ether oxygens (including phenoxy) is 4. The van der Waals surface area contributed by atoms with E-state index in [1.54, 1.807) is 0 Å². The van der Waals surface area contributed by atoms with Gasteiger partial charge in [0.05, 0.1) is 14.1 Å². The van der Waals surface area contributed by atoms with Gasteiger partial charge in [0.2, 0.25) is 12.7 Å². The fourth-order valence-electron chi connectivity index (χ4n) is 10.6. The molecule has 8 bridgehead atoms. The third kappa shape index (κ3) is 13.6. The van der Waals surface area contributed by atoms with Crippen LogP contribution < -0.4 is 28.1 Å². The highest BCUT2D eigenvalue weighted by atomic mass is 16.5. The quantitative estimate of drug-likeness (QED) is 0.102. The predicted octanol–water partition coefficient (Wildman–Crippen LogP) is 14.1. The zero-order chi connectivity index (χ0) is 55.6. The molecule has 0 atom stereocenters. The molecule has 2 heterocycles. The minimum Gasteiger partial charge on any atom is -0.489 e. The minimum absolute atomic E-state index is 0.165. The number of hydrogen-bond donors (Lipinski definition) is 0. The lowest BCUT2D eigenvalue weighted by Gasteiger charge is -2.29. The number of benzene rings is 6. The second-order valence-electron chi connectivity index (χ2n) is 26.1. The van der Waals surface area contributed by atoms with Gasteiger partial charge in [0.15, 0.2) is 0 Å². The second kappa shape index (κ2) is 22.7. The van der Waals surface area contributed by atoms with Gasteiger partial charge in [0.1, 0.15) is 87.3 Å². The molecule has 0 unspecified atom stereocenters. The van der Waals surface area contributed by atoms with Gasteiger partial charge in [-0.2, -0.15) is 0 Å². The summed E-state index contributed by atoms with van der Waals surface area (Å²) >= 11 is 0. The van der Waals surface area contributed by atoms with E-state index < -0.39 is 0 Å². The van der Waals surface area contributed by atoms with Gasteiger partial charge in [-0.1, -0.05) is 192 Å². The third-order valence-corrected chi connectivity index (χ3v) is 15.3. The summed E-state index contributed by atoms with van der Waals surface area (Å²) in [5, 5.41) is 0. The van der Waals surface area contributed by atoms with Crippen LogP contribution >= 0.6 is 0 Å². The van der Waals surface area contributed by atoms with Crippen LogP contribution in [0.4, 0.5) is 0 Å². The number of aryl methyl sites for hydroxylation is 2. The van der Waals surface area contributed by atoms with E-state index in [1.165, 1.54) is 22.3 Å². The summed E-state index contributed by atoms with van der Waals surface area (Å²) in [5.41, 5.74) is 15.7. The number of imidazole rings is 2. The van der Waals surface area contributed by atoms with Gasteiger partial charge in [-0.25, -0.2) is 18.3 Å². The lowest BCUT2D eigenvalue weighted by molar-refractivity contribution is -0.671. The van der Waals surface area contributed by atoms with Gasteiger partial charge in [0, 0.05) is 25.7 Å². The van der Waals surface area contributed by atoms with Gasteiger partial charge in [0.25, 0.3) is 0 Å². The zero-order valence-electron chi connectivity index (χ0n) is 49.3. The molecule has 9 rings (SSSR count). The maximum atomic E-state index is 7.32. The Bertz CT molecular complexity index is 3030. The molecule has 0 saturated heterocycles. The molecule has 0 saturated carbocycles. The smallest absolute Gasteiger partial charge is 0.243 e. The molecule has 2 aromatic heterocycles. The molecule has 8 aromatic rings. The van der Waals surface area contributed by atoms with Crippen LogP contribution in [0, 0.1) is 0 Å². The van der Waals surface area contributed by atoms with E-state index in [1.807, 2.05) is 0 Å². The highest BCUT2D eigenvalue weighted by Crippen LogP contribution is 2.45. The number of hydrogen-bond acceptors (Lipinski definition) is 4. The zero-order valence-corrected chi connectivity index (χ0v) is 49.3. The number of nitrogens with zero attached hydrogens (tertiary/aromatic N) is 4. The molecule has 8 nitrogen and oxygen atoms in total. The molecule has 6 aromatic carbocycles. The van der Waals surface area contributed by atoms with Crippen LogP contribution in [0.15, 0.2) is 147 Å². The van der Waals surface area contributed by atoms with Crippen molar-refractivity contribution >= 4 is 0 Å². The monoisotopic (exact) mass is 1050 g/mol. The number of aromatic nitrogens is 4. The first kappa shape index (κ1) is 55.7. The first-order valence-corrected chi connectivity index (χ1v) is 28.2. The summed E-state index contributed by atoms with van der Waals surface area (Å²) in [7, 11) is 4.12. The van der Waals surface area contributed by atoms with E-state index in [2.05, 4.69) is 262 Å². The fourth-order valence-corrected chi connectivity index (χ4v) is 10.6. The van der Waals surface area contributed by atoms with Crippen LogP contribution in [-0.4, -0.2) is 22.3 Å². The maximum Gasteiger partial charge on any atom is 0.243 e. The maximum absolute atomic E-state index is 7.32. The lowest BCUT2D eigenvalue weighted by Crippen LogP contribution is -2.24. The molecule has 0 N–H and O–H groups in total. The van der Waals surface area contributed by atoms with Gasteiger partial charge in [-0.05, 0) is 99.5 Å². The summed E-state index contributed by atoms with van der Waals surface area (Å²) in [6, 6.07) is 40.5. The molecular weight excluding hydrogens is 961 g/mol. The molecule has 0 spiro atoms. The van der Waals surface area contributed by atoms with Crippen molar-refractivity contribution in [1.29, 1.82) is 0 Å². The molecule has 1 aliphatic carbocycles. The predicted molar refractivity (Wildman–Crippen MR) is 316 cm³/mol. The molecule has 8 heteroatoms. The van der Waals surface area contributed by atoms with Crippen molar-refractivity contribution < 1.29 is 28.1 Å². The van der Waals surface area contributed by atoms with Crippen molar-refractivity contribution in [1.82, 2.24) is 9.13 Å². The van der Waals surface area contributed by atoms with Crippen LogP contribution in [0.1, 0.15) is 161 Å². The van der Waals surface area contributed by atoms with Crippen LogP contribution in [-0.2, 0) is 87.7 Å². The standard InChI is InChI=1S/C70H86N4O4/c1-67(2,3)59-37-51-33-55-41-61(69(7,8)9)43-57(65(55)77-45-49-21-17-15-18-22-49)35-53-39-60(68(4,5)6)40-54(64(53)76-32-30-74-28-26-72(14)48-74)36-58-44-62(70(10,11)12)42-56(66(58)78-46-50-23-19-16-20-24-50)34-52(38-59)63(51)75-31-29-73-27-25-71(13)47-73/h15-28,37-44,47-48H,29-36,45-46H2,1-14H3/q+2. The average Bonchev–Trinajstić information content (AvgIpc) is 4.06. The highest BCUT2D eigenvalue weighted by Gasteiger charge is 2.30. The second-order valence-corrected chi connectivity index (χ2v) is 26.1. The summed E-state index contributed by atoms with van der Waals surface area (Å²) in [4.78, 5) is 0. The summed E-state index contributed by atoms with van der Waals surface area (Å²) < 4.78 is 37.8. The van der Waals surface area contributed by atoms with E-state index in [0.29, 0.717) is 65.2 Å². The molecular formula is C70H86N4O4+2. The lowest BCUT2D eigenvalue weighted by atomic mass is 9.79. The Kier molecular flexibility index (Phi) is 16.2. The Labute approximate surface area is 466 Å². The van der Waals surface area contributed by atoms with Crippen LogP contribution in [0.25, 0.3) is 0 Å². The summed E-state index contributed by atoms with van der Waals surface area (Å²) in [6.45, 7) is 31.2. The average molecular weight is 1050 g/mol. The largest absolute Gasteiger partial charge is 0.489 e. The summed E-state index contributed by atoms with van der Waals surface area (Å²) in [6.07, 6.45) is 15.0. The molecule has 1 aliphatic rings. The van der Waals surface area contributed by atoms with E-state index in [0.717, 1.165) is 78.6 Å². The molecule has 78 heavy (non-hydrogen) atoms. The Morgan fingerprint density at radius 2 is 0.628 bits per heavy atom. The number of fused-ring (bicyclic) bond motifs is 8. The van der Waals surface area contributed by atoms with Gasteiger partial charge in [-0.3, -0.25) is 0 Å². The van der Waals surface area contributed by atoms with Crippen LogP contribution in [0.5, 0.6) is 23.0 Å². The molecule has 0 fully saturated rings. The Morgan fingerprint density at radius 1 is 0.372 bits per heavy atom. The van der Waals surface area contributed by atoms with Crippen LogP contribution in [0.3, 0.4) is 0 Å². The van der Waals surface area contributed by atoms with Crippen molar-refractivity contribution in [3.63, 3.8) is 0 Å².